The summed E-state index contributed by atoms with van der Waals surface area (Å²) >= 11 is 0. The summed E-state index contributed by atoms with van der Waals surface area (Å²) in [6, 6.07) is 18.8. The molecule has 0 spiro atoms. The second-order valence-corrected chi connectivity index (χ2v) is 14.2. The lowest BCUT2D eigenvalue weighted by Gasteiger charge is -2.22. The van der Waals surface area contributed by atoms with E-state index in [1.54, 1.807) is 0 Å². The van der Waals surface area contributed by atoms with Gasteiger partial charge < -0.3 is 19.9 Å². The topological polar surface area (TPSA) is 63.2 Å². The molecule has 4 heteroatoms. The van der Waals surface area contributed by atoms with Crippen molar-refractivity contribution in [2.45, 2.75) is 105 Å². The number of fused-ring (bicyclic) bond motifs is 8. The molecule has 0 aromatic carbocycles. The first kappa shape index (κ1) is 28.6. The smallest absolute Gasteiger partial charge is 0.0394 e. The second kappa shape index (κ2) is 11.9. The average Bonchev–Trinajstić information content (AvgIpc) is 3.69. The Morgan fingerprint density at radius 2 is 0.500 bits per heavy atom. The zero-order valence-electron chi connectivity index (χ0n) is 26.1. The number of hydrogen-bond donors (Lipinski definition) is 4. The minimum absolute atomic E-state index is 0.323. The first-order valence-corrected chi connectivity index (χ1v) is 15.8. The predicted octanol–water partition coefficient (Wildman–Crippen LogP) is 10.0. The molecule has 4 nitrogen and oxygen atoms in total. The first-order valence-electron chi connectivity index (χ1n) is 15.8. The van der Waals surface area contributed by atoms with Crippen LogP contribution in [0.15, 0.2) is 48.5 Å². The summed E-state index contributed by atoms with van der Waals surface area (Å²) in [7, 11) is 0. The molecule has 1 aliphatic rings. The molecule has 0 aliphatic carbocycles. The van der Waals surface area contributed by atoms with Gasteiger partial charge in [0.25, 0.3) is 0 Å². The van der Waals surface area contributed by atoms with E-state index < -0.39 is 0 Å². The van der Waals surface area contributed by atoms with Crippen molar-refractivity contribution in [3.8, 4) is 0 Å². The lowest BCUT2D eigenvalue weighted by molar-refractivity contribution is 0.508. The molecular weight excluding hydrogens is 488 g/mol. The van der Waals surface area contributed by atoms with Crippen LogP contribution in [0, 0.1) is 23.7 Å². The molecule has 0 fully saturated rings. The fourth-order valence-electron chi connectivity index (χ4n) is 6.92. The number of hydrogen-bond acceptors (Lipinski definition) is 0. The molecule has 216 valence electrons. The molecule has 0 radical (unpaired) electrons. The van der Waals surface area contributed by atoms with Crippen LogP contribution in [0.25, 0.3) is 0 Å². The number of H-pyrrole nitrogens is 4. The molecule has 4 N–H and O–H groups in total. The molecule has 5 heterocycles. The van der Waals surface area contributed by atoms with Crippen molar-refractivity contribution in [1.82, 2.24) is 19.9 Å². The highest BCUT2D eigenvalue weighted by atomic mass is 14.8. The van der Waals surface area contributed by atoms with Gasteiger partial charge in [-0.1, -0.05) is 55.4 Å². The Morgan fingerprint density at radius 3 is 0.625 bits per heavy atom. The van der Waals surface area contributed by atoms with Gasteiger partial charge in [0.1, 0.15) is 0 Å². The highest BCUT2D eigenvalue weighted by molar-refractivity contribution is 5.37. The third kappa shape index (κ3) is 6.21. The summed E-state index contributed by atoms with van der Waals surface area (Å²) in [4.78, 5) is 15.8. The minimum atomic E-state index is 0.323. The van der Waals surface area contributed by atoms with Crippen molar-refractivity contribution in [2.24, 2.45) is 23.7 Å². The molecule has 5 rings (SSSR count). The maximum absolute atomic E-state index is 3.95. The summed E-state index contributed by atoms with van der Waals surface area (Å²) in [5.74, 6) is 3.69. The van der Waals surface area contributed by atoms with E-state index in [-0.39, 0.29) is 0 Å². The van der Waals surface area contributed by atoms with Crippen LogP contribution in [0.1, 0.15) is 150 Å². The second-order valence-electron chi connectivity index (χ2n) is 14.2. The normalized spacial score (nSPS) is 21.3. The fraction of sp³-hybridized carbons (Fsp3) is 0.556. The third-order valence-corrected chi connectivity index (χ3v) is 8.76. The molecule has 4 aromatic rings. The van der Waals surface area contributed by atoms with Crippen molar-refractivity contribution in [1.29, 1.82) is 0 Å². The Labute approximate surface area is 242 Å². The third-order valence-electron chi connectivity index (χ3n) is 8.76. The lowest BCUT2D eigenvalue weighted by Crippen LogP contribution is -2.12. The molecule has 4 aromatic heterocycles. The maximum Gasteiger partial charge on any atom is 0.0394 e. The number of rotatable bonds is 8. The Hall–Kier alpha value is -2.88. The van der Waals surface area contributed by atoms with Gasteiger partial charge in [0, 0.05) is 69.2 Å². The number of aromatic amines is 4. The minimum Gasteiger partial charge on any atom is -0.361 e. The Morgan fingerprint density at radius 1 is 0.350 bits per heavy atom. The number of nitrogens with one attached hydrogen (secondary N) is 4. The molecule has 1 aliphatic heterocycles. The van der Waals surface area contributed by atoms with Crippen molar-refractivity contribution in [2.75, 3.05) is 0 Å². The van der Waals surface area contributed by atoms with E-state index in [1.165, 1.54) is 45.6 Å². The van der Waals surface area contributed by atoms with Gasteiger partial charge in [-0.2, -0.15) is 0 Å². The van der Waals surface area contributed by atoms with Gasteiger partial charge in [-0.3, -0.25) is 0 Å². The van der Waals surface area contributed by atoms with E-state index in [4.69, 9.17) is 0 Å². The standard InChI is InChI=1S/C36H52N4/c1-21(2)17-25-29-9-11-31(37-29)26(18-22(3)4)33-13-15-35(39-33)28(20-24(7)8)36-16-14-34(40-36)27(19-23(5)6)32-12-10-30(25)38-32/h9-16,21-28,37-40H,17-20H2,1-8H3. The van der Waals surface area contributed by atoms with E-state index in [0.717, 1.165) is 25.7 Å². The van der Waals surface area contributed by atoms with E-state index in [1.807, 2.05) is 0 Å². The zero-order chi connectivity index (χ0) is 28.6. The Kier molecular flexibility index (Phi) is 8.54. The fourth-order valence-corrected chi connectivity index (χ4v) is 6.92. The first-order chi connectivity index (χ1) is 19.1. The van der Waals surface area contributed by atoms with Crippen molar-refractivity contribution < 1.29 is 0 Å². The van der Waals surface area contributed by atoms with Crippen LogP contribution in [0.2, 0.25) is 0 Å². The van der Waals surface area contributed by atoms with E-state index >= 15 is 0 Å². The van der Waals surface area contributed by atoms with Crippen LogP contribution in [0.5, 0.6) is 0 Å². The molecular formula is C36H52N4. The largest absolute Gasteiger partial charge is 0.361 e. The van der Waals surface area contributed by atoms with Gasteiger partial charge in [0.2, 0.25) is 0 Å². The summed E-state index contributed by atoms with van der Waals surface area (Å²) in [6.07, 6.45) is 4.44. The van der Waals surface area contributed by atoms with Gasteiger partial charge in [-0.25, -0.2) is 0 Å². The van der Waals surface area contributed by atoms with Gasteiger partial charge in [-0.15, -0.1) is 0 Å². The molecule has 8 bridgehead atoms. The zero-order valence-corrected chi connectivity index (χ0v) is 26.1. The average molecular weight is 541 g/mol. The van der Waals surface area contributed by atoms with E-state index in [0.29, 0.717) is 47.3 Å². The molecule has 0 atom stereocenters. The summed E-state index contributed by atoms with van der Waals surface area (Å²) in [6.45, 7) is 18.7. The quantitative estimate of drug-likeness (QED) is 0.172. The SMILES string of the molecule is CC(C)CC1c2ccc([nH]2)C(CC(C)C)c2ccc([nH]2)C(CC(C)C)c2ccc([nH]2)C(CC(C)C)c2ccc1[nH]2. The molecule has 0 unspecified atom stereocenters. The maximum atomic E-state index is 3.95. The van der Waals surface area contributed by atoms with Crippen molar-refractivity contribution in [3.63, 3.8) is 0 Å². The highest BCUT2D eigenvalue weighted by Gasteiger charge is 2.28. The van der Waals surface area contributed by atoms with Gasteiger partial charge in [0.15, 0.2) is 0 Å². The van der Waals surface area contributed by atoms with Crippen LogP contribution >= 0.6 is 0 Å². The van der Waals surface area contributed by atoms with Crippen LogP contribution in [0.4, 0.5) is 0 Å². The lowest BCUT2D eigenvalue weighted by atomic mass is 9.91. The highest BCUT2D eigenvalue weighted by Crippen LogP contribution is 2.40. The Balaban J connectivity index is 1.69. The summed E-state index contributed by atoms with van der Waals surface area (Å²) in [5.41, 5.74) is 10.6. The monoisotopic (exact) mass is 540 g/mol. The van der Waals surface area contributed by atoms with Crippen LogP contribution in [0.3, 0.4) is 0 Å². The Bertz CT molecular complexity index is 1070. The molecule has 0 saturated carbocycles. The summed E-state index contributed by atoms with van der Waals surface area (Å²) < 4.78 is 0. The molecule has 40 heavy (non-hydrogen) atoms. The van der Waals surface area contributed by atoms with Crippen molar-refractivity contribution >= 4 is 0 Å². The van der Waals surface area contributed by atoms with Crippen LogP contribution < -0.4 is 0 Å². The van der Waals surface area contributed by atoms with Gasteiger partial charge >= 0.3 is 0 Å². The van der Waals surface area contributed by atoms with Crippen LogP contribution in [-0.4, -0.2) is 19.9 Å². The van der Waals surface area contributed by atoms with E-state index in [2.05, 4.69) is 124 Å². The van der Waals surface area contributed by atoms with Crippen LogP contribution in [-0.2, 0) is 0 Å². The van der Waals surface area contributed by atoms with Gasteiger partial charge in [-0.05, 0) is 97.9 Å². The predicted molar refractivity (Wildman–Crippen MR) is 168 cm³/mol. The molecule has 0 amide bonds. The van der Waals surface area contributed by atoms with E-state index in [9.17, 15) is 0 Å². The molecule has 0 saturated heterocycles. The number of aromatic nitrogens is 4. The van der Waals surface area contributed by atoms with Crippen molar-refractivity contribution in [3.05, 3.63) is 94.1 Å². The van der Waals surface area contributed by atoms with Gasteiger partial charge in [0.05, 0.1) is 0 Å². The summed E-state index contributed by atoms with van der Waals surface area (Å²) in [5, 5.41) is 0.